The topological polar surface area (TPSA) is 42.4 Å². The number of amides is 1. The van der Waals surface area contributed by atoms with Crippen molar-refractivity contribution < 1.29 is 9.53 Å². The van der Waals surface area contributed by atoms with Gasteiger partial charge in [0.1, 0.15) is 0 Å². The minimum atomic E-state index is 0.129. The van der Waals surface area contributed by atoms with E-state index in [0.717, 1.165) is 13.0 Å². The summed E-state index contributed by atoms with van der Waals surface area (Å²) < 4.78 is 5.37. The van der Waals surface area contributed by atoms with Crippen LogP contribution in [0.1, 0.15) is 25.8 Å². The fourth-order valence-electron chi connectivity index (χ4n) is 1.54. The van der Waals surface area contributed by atoms with Crippen molar-refractivity contribution in [2.75, 3.05) is 20.2 Å². The molecule has 0 aliphatic heterocycles. The summed E-state index contributed by atoms with van der Waals surface area (Å²) in [6.07, 6.45) is 5.03. The zero-order valence-electron chi connectivity index (χ0n) is 11.4. The maximum absolute atomic E-state index is 11.8. The molecule has 1 aromatic rings. The van der Waals surface area contributed by atoms with Crippen LogP contribution in [-0.2, 0) is 16.0 Å². The summed E-state index contributed by atoms with van der Waals surface area (Å²) in [5, 5.41) is 0. The van der Waals surface area contributed by atoms with Crippen LogP contribution in [0.25, 0.3) is 0 Å². The van der Waals surface area contributed by atoms with Gasteiger partial charge in [-0.25, -0.2) is 0 Å². The standard InChI is InChI=1S/C14H22N2O2/c1-12(2)18-11-7-14(17)16(3)10-6-13-4-8-15-9-5-13/h4-5,8-9,12H,6-7,10-11H2,1-3H3. The van der Waals surface area contributed by atoms with Crippen molar-refractivity contribution >= 4 is 5.91 Å². The molecule has 0 radical (unpaired) electrons. The van der Waals surface area contributed by atoms with Crippen LogP contribution in [-0.4, -0.2) is 42.1 Å². The molecule has 0 saturated carbocycles. The first-order valence-corrected chi connectivity index (χ1v) is 6.34. The Morgan fingerprint density at radius 2 is 2.06 bits per heavy atom. The summed E-state index contributed by atoms with van der Waals surface area (Å²) >= 11 is 0. The normalized spacial score (nSPS) is 10.7. The fraction of sp³-hybridized carbons (Fsp3) is 0.571. The van der Waals surface area contributed by atoms with Crippen molar-refractivity contribution in [3.05, 3.63) is 30.1 Å². The van der Waals surface area contributed by atoms with E-state index in [2.05, 4.69) is 4.98 Å². The smallest absolute Gasteiger partial charge is 0.224 e. The number of rotatable bonds is 7. The number of pyridine rings is 1. The molecule has 0 spiro atoms. The van der Waals surface area contributed by atoms with Crippen molar-refractivity contribution in [1.29, 1.82) is 0 Å². The van der Waals surface area contributed by atoms with Gasteiger partial charge in [-0.05, 0) is 38.0 Å². The average molecular weight is 250 g/mol. The fourth-order valence-corrected chi connectivity index (χ4v) is 1.54. The second kappa shape index (κ2) is 7.82. The van der Waals surface area contributed by atoms with Crippen LogP contribution < -0.4 is 0 Å². The number of nitrogens with zero attached hydrogens (tertiary/aromatic N) is 2. The Bertz CT molecular complexity index is 352. The molecule has 4 nitrogen and oxygen atoms in total. The van der Waals surface area contributed by atoms with Gasteiger partial charge in [0.25, 0.3) is 0 Å². The maximum atomic E-state index is 11.8. The molecule has 0 fully saturated rings. The van der Waals surface area contributed by atoms with Crippen molar-refractivity contribution in [2.24, 2.45) is 0 Å². The summed E-state index contributed by atoms with van der Waals surface area (Å²) in [6, 6.07) is 3.94. The molecular weight excluding hydrogens is 228 g/mol. The third kappa shape index (κ3) is 5.77. The molecular formula is C14H22N2O2. The van der Waals surface area contributed by atoms with E-state index in [1.165, 1.54) is 5.56 Å². The Labute approximate surface area is 109 Å². The molecule has 0 bridgehead atoms. The molecule has 0 atom stereocenters. The second-order valence-electron chi connectivity index (χ2n) is 4.59. The highest BCUT2D eigenvalue weighted by Crippen LogP contribution is 2.01. The molecule has 0 aliphatic carbocycles. The Kier molecular flexibility index (Phi) is 6.36. The number of carbonyl (C=O) groups excluding carboxylic acids is 1. The van der Waals surface area contributed by atoms with Crippen LogP contribution in [0, 0.1) is 0 Å². The van der Waals surface area contributed by atoms with Gasteiger partial charge in [0.05, 0.1) is 19.1 Å². The van der Waals surface area contributed by atoms with E-state index in [-0.39, 0.29) is 12.0 Å². The van der Waals surface area contributed by atoms with Crippen molar-refractivity contribution in [3.8, 4) is 0 Å². The Morgan fingerprint density at radius 1 is 1.39 bits per heavy atom. The first kappa shape index (κ1) is 14.6. The summed E-state index contributed by atoms with van der Waals surface area (Å²) in [5.74, 6) is 0.129. The highest BCUT2D eigenvalue weighted by atomic mass is 16.5. The molecule has 4 heteroatoms. The van der Waals surface area contributed by atoms with Crippen molar-refractivity contribution in [2.45, 2.75) is 32.8 Å². The average Bonchev–Trinajstić information content (AvgIpc) is 2.36. The summed E-state index contributed by atoms with van der Waals surface area (Å²) in [5.41, 5.74) is 1.20. The number of hydrogen-bond acceptors (Lipinski definition) is 3. The molecule has 100 valence electrons. The van der Waals surface area contributed by atoms with Crippen LogP contribution >= 0.6 is 0 Å². The lowest BCUT2D eigenvalue weighted by Crippen LogP contribution is -2.29. The lowest BCUT2D eigenvalue weighted by atomic mass is 10.2. The SMILES string of the molecule is CC(C)OCCC(=O)N(C)CCc1ccncc1. The predicted molar refractivity (Wildman–Crippen MR) is 71.3 cm³/mol. The first-order valence-electron chi connectivity index (χ1n) is 6.34. The third-order valence-electron chi connectivity index (χ3n) is 2.68. The maximum Gasteiger partial charge on any atom is 0.224 e. The number of ether oxygens (including phenoxy) is 1. The van der Waals surface area contributed by atoms with Gasteiger partial charge in [-0.15, -0.1) is 0 Å². The molecule has 0 unspecified atom stereocenters. The van der Waals surface area contributed by atoms with E-state index in [4.69, 9.17) is 4.74 Å². The Balaban J connectivity index is 2.23. The van der Waals surface area contributed by atoms with E-state index in [0.29, 0.717) is 13.0 Å². The lowest BCUT2D eigenvalue weighted by molar-refractivity contribution is -0.131. The van der Waals surface area contributed by atoms with E-state index in [9.17, 15) is 4.79 Å². The zero-order valence-corrected chi connectivity index (χ0v) is 11.4. The van der Waals surface area contributed by atoms with Gasteiger partial charge in [-0.2, -0.15) is 0 Å². The molecule has 1 heterocycles. The van der Waals surface area contributed by atoms with Gasteiger partial charge in [-0.3, -0.25) is 9.78 Å². The number of hydrogen-bond donors (Lipinski definition) is 0. The Hall–Kier alpha value is -1.42. The first-order chi connectivity index (χ1) is 8.59. The molecule has 0 aromatic carbocycles. The van der Waals surface area contributed by atoms with Crippen LogP contribution in [0.4, 0.5) is 0 Å². The van der Waals surface area contributed by atoms with Gasteiger partial charge < -0.3 is 9.64 Å². The van der Waals surface area contributed by atoms with E-state index >= 15 is 0 Å². The molecule has 0 aliphatic rings. The highest BCUT2D eigenvalue weighted by Gasteiger charge is 2.08. The quantitative estimate of drug-likeness (QED) is 0.742. The van der Waals surface area contributed by atoms with Gasteiger partial charge >= 0.3 is 0 Å². The van der Waals surface area contributed by atoms with Crippen molar-refractivity contribution in [3.63, 3.8) is 0 Å². The molecule has 0 saturated heterocycles. The minimum Gasteiger partial charge on any atom is -0.378 e. The number of carbonyl (C=O) groups is 1. The van der Waals surface area contributed by atoms with Gasteiger partial charge in [0.2, 0.25) is 5.91 Å². The Morgan fingerprint density at radius 3 is 2.67 bits per heavy atom. The molecule has 1 rings (SSSR count). The largest absolute Gasteiger partial charge is 0.378 e. The van der Waals surface area contributed by atoms with Crippen LogP contribution in [0.5, 0.6) is 0 Å². The van der Waals surface area contributed by atoms with Crippen molar-refractivity contribution in [1.82, 2.24) is 9.88 Å². The number of likely N-dealkylation sites (N-methyl/N-ethyl adjacent to an activating group) is 1. The number of aromatic nitrogens is 1. The second-order valence-corrected chi connectivity index (χ2v) is 4.59. The summed E-state index contributed by atoms with van der Waals surface area (Å²) in [7, 11) is 1.83. The van der Waals surface area contributed by atoms with Gasteiger partial charge in [0, 0.05) is 26.0 Å². The monoisotopic (exact) mass is 250 g/mol. The van der Waals surface area contributed by atoms with E-state index in [1.54, 1.807) is 17.3 Å². The summed E-state index contributed by atoms with van der Waals surface area (Å²) in [6.45, 7) is 5.16. The van der Waals surface area contributed by atoms with E-state index in [1.807, 2.05) is 33.0 Å². The molecule has 18 heavy (non-hydrogen) atoms. The minimum absolute atomic E-state index is 0.129. The summed E-state index contributed by atoms with van der Waals surface area (Å²) in [4.78, 5) is 17.5. The molecule has 0 N–H and O–H groups in total. The lowest BCUT2D eigenvalue weighted by Gasteiger charge is -2.17. The van der Waals surface area contributed by atoms with Gasteiger partial charge in [0.15, 0.2) is 0 Å². The third-order valence-corrected chi connectivity index (χ3v) is 2.68. The zero-order chi connectivity index (χ0) is 13.4. The van der Waals surface area contributed by atoms with Crippen LogP contribution in [0.2, 0.25) is 0 Å². The highest BCUT2D eigenvalue weighted by molar-refractivity contribution is 5.75. The van der Waals surface area contributed by atoms with Crippen LogP contribution in [0.3, 0.4) is 0 Å². The molecule has 1 aromatic heterocycles. The van der Waals surface area contributed by atoms with Gasteiger partial charge in [-0.1, -0.05) is 0 Å². The molecule has 1 amide bonds. The van der Waals surface area contributed by atoms with E-state index < -0.39 is 0 Å². The predicted octanol–water partition coefficient (Wildman–Crippen LogP) is 1.90. The van der Waals surface area contributed by atoms with Crippen LogP contribution in [0.15, 0.2) is 24.5 Å².